The number of allylic oxidation sites excluding steroid dienone is 1. The van der Waals surface area contributed by atoms with E-state index in [0.717, 1.165) is 11.3 Å². The quantitative estimate of drug-likeness (QED) is 0.369. The number of methoxy groups -OCH3 is 1. The van der Waals surface area contributed by atoms with Crippen LogP contribution >= 0.6 is 0 Å². The van der Waals surface area contributed by atoms with Crippen LogP contribution in [0.5, 0.6) is 5.75 Å². The molecule has 0 saturated heterocycles. The Hall–Kier alpha value is -1.99. The Balaban J connectivity index is 3.16. The Labute approximate surface area is 128 Å². The molecule has 4 heteroatoms. The molecule has 1 rings (SSSR count). The third kappa shape index (κ3) is 6.33. The van der Waals surface area contributed by atoms with E-state index >= 15 is 0 Å². The van der Waals surface area contributed by atoms with Crippen LogP contribution < -0.4 is 4.74 Å². The van der Waals surface area contributed by atoms with Gasteiger partial charge in [0.15, 0.2) is 0 Å². The third-order valence-electron chi connectivity index (χ3n) is 2.52. The molecular weight excluding hydrogens is 280 g/mol. The lowest BCUT2D eigenvalue weighted by molar-refractivity contribution is -0.137. The number of benzene rings is 1. The minimum absolute atomic E-state index is 0.354. The first-order chi connectivity index (χ1) is 9.85. The fraction of sp³-hybridized carbons (Fsp3) is 0.353. The summed E-state index contributed by atoms with van der Waals surface area (Å²) in [5.74, 6) is 3.54. The Morgan fingerprint density at radius 2 is 1.86 bits per heavy atom. The molecule has 0 fully saturated rings. The molecule has 0 atom stereocenters. The van der Waals surface area contributed by atoms with Gasteiger partial charge in [0, 0.05) is 11.6 Å². The zero-order valence-electron chi connectivity index (χ0n) is 13.3. The van der Waals surface area contributed by atoms with Gasteiger partial charge in [0.25, 0.3) is 0 Å². The highest BCUT2D eigenvalue weighted by Crippen LogP contribution is 2.18. The van der Waals surface area contributed by atoms with Gasteiger partial charge in [-0.05, 0) is 24.6 Å². The van der Waals surface area contributed by atoms with Crippen molar-refractivity contribution in [3.63, 3.8) is 0 Å². The molecule has 0 bridgehead atoms. The Morgan fingerprint density at radius 3 is 2.33 bits per heavy atom. The van der Waals surface area contributed by atoms with E-state index in [1.165, 1.54) is 6.08 Å². The average molecular weight is 302 g/mol. The lowest BCUT2D eigenvalue weighted by atomic mass is 10.1. The second-order valence-corrected chi connectivity index (χ2v) is 10.3. The first-order valence-corrected chi connectivity index (χ1v) is 10.4. The largest absolute Gasteiger partial charge is 0.497 e. The van der Waals surface area contributed by atoms with Gasteiger partial charge in [-0.15, -0.1) is 5.54 Å². The van der Waals surface area contributed by atoms with Crippen LogP contribution in [0.3, 0.4) is 0 Å². The van der Waals surface area contributed by atoms with Crippen molar-refractivity contribution in [1.29, 1.82) is 0 Å². The molecule has 0 radical (unpaired) electrons. The summed E-state index contributed by atoms with van der Waals surface area (Å²) in [6, 6.07) is 7.49. The number of rotatable bonds is 4. The molecule has 1 aromatic carbocycles. The van der Waals surface area contributed by atoms with Gasteiger partial charge in [-0.3, -0.25) is 0 Å². The molecule has 1 aromatic rings. The smallest absolute Gasteiger partial charge is 0.332 e. The predicted molar refractivity (Wildman–Crippen MR) is 88.7 cm³/mol. The molecule has 112 valence electrons. The van der Waals surface area contributed by atoms with Crippen LogP contribution in [0.15, 0.2) is 30.3 Å². The summed E-state index contributed by atoms with van der Waals surface area (Å²) < 4.78 is 10.1. The van der Waals surface area contributed by atoms with Crippen molar-refractivity contribution in [1.82, 2.24) is 0 Å². The topological polar surface area (TPSA) is 35.5 Å². The second-order valence-electron chi connectivity index (χ2n) is 5.54. The maximum Gasteiger partial charge on any atom is 0.332 e. The number of esters is 1. The lowest BCUT2D eigenvalue weighted by Gasteiger charge is -2.06. The molecule has 0 aliphatic heterocycles. The van der Waals surface area contributed by atoms with E-state index in [9.17, 15) is 4.79 Å². The molecule has 0 heterocycles. The van der Waals surface area contributed by atoms with Crippen LogP contribution in [0.4, 0.5) is 0 Å². The number of ether oxygens (including phenoxy) is 2. The summed E-state index contributed by atoms with van der Waals surface area (Å²) in [6.45, 7) is 8.63. The molecular formula is C17H22O3Si. The molecule has 0 aliphatic rings. The summed E-state index contributed by atoms with van der Waals surface area (Å²) in [5.41, 5.74) is 4.84. The van der Waals surface area contributed by atoms with Gasteiger partial charge in [-0.1, -0.05) is 37.7 Å². The summed E-state index contributed by atoms with van der Waals surface area (Å²) in [6.07, 6.45) is 1.46. The molecule has 0 unspecified atom stereocenters. The molecule has 0 aromatic heterocycles. The molecule has 21 heavy (non-hydrogen) atoms. The van der Waals surface area contributed by atoms with Crippen molar-refractivity contribution in [3.8, 4) is 17.2 Å². The van der Waals surface area contributed by atoms with Crippen molar-refractivity contribution in [2.24, 2.45) is 0 Å². The SMILES string of the molecule is CCOC(=O)C=C(C#C[Si](C)(C)C)c1ccc(OC)cc1. The Bertz CT molecular complexity index is 569. The maximum atomic E-state index is 11.7. The second kappa shape index (κ2) is 7.70. The number of hydrogen-bond acceptors (Lipinski definition) is 3. The van der Waals surface area contributed by atoms with Crippen LogP contribution in [-0.2, 0) is 9.53 Å². The fourth-order valence-electron chi connectivity index (χ4n) is 1.52. The van der Waals surface area contributed by atoms with Crippen LogP contribution in [0.2, 0.25) is 19.6 Å². The van der Waals surface area contributed by atoms with E-state index in [-0.39, 0.29) is 5.97 Å². The van der Waals surface area contributed by atoms with Crippen LogP contribution in [-0.4, -0.2) is 27.8 Å². The number of carbonyl (C=O) groups excluding carboxylic acids is 1. The normalized spacial score (nSPS) is 11.4. The van der Waals surface area contributed by atoms with E-state index in [4.69, 9.17) is 9.47 Å². The third-order valence-corrected chi connectivity index (χ3v) is 3.40. The summed E-state index contributed by atoms with van der Waals surface area (Å²) >= 11 is 0. The zero-order chi connectivity index (χ0) is 15.9. The van der Waals surface area contributed by atoms with Gasteiger partial charge >= 0.3 is 5.97 Å². The summed E-state index contributed by atoms with van der Waals surface area (Å²) in [5, 5.41) is 0. The Morgan fingerprint density at radius 1 is 1.24 bits per heavy atom. The molecule has 3 nitrogen and oxygen atoms in total. The van der Waals surface area contributed by atoms with Crippen molar-refractivity contribution < 1.29 is 14.3 Å². The standard InChI is InChI=1S/C17H22O3Si/c1-6-20-17(18)13-15(11-12-21(3,4)5)14-7-9-16(19-2)10-8-14/h7-10,13H,6H2,1-5H3. The molecule has 0 spiro atoms. The van der Waals surface area contributed by atoms with Gasteiger partial charge in [0.2, 0.25) is 0 Å². The van der Waals surface area contributed by atoms with E-state index in [2.05, 4.69) is 31.1 Å². The first-order valence-electron chi connectivity index (χ1n) is 6.92. The monoisotopic (exact) mass is 302 g/mol. The van der Waals surface area contributed by atoms with Gasteiger partial charge < -0.3 is 9.47 Å². The highest BCUT2D eigenvalue weighted by Gasteiger charge is 2.09. The van der Waals surface area contributed by atoms with Crippen LogP contribution in [0, 0.1) is 11.5 Å². The van der Waals surface area contributed by atoms with Crippen LogP contribution in [0.1, 0.15) is 12.5 Å². The average Bonchev–Trinajstić information content (AvgIpc) is 2.43. The van der Waals surface area contributed by atoms with Crippen LogP contribution in [0.25, 0.3) is 5.57 Å². The lowest BCUT2D eigenvalue weighted by Crippen LogP contribution is -2.16. The number of hydrogen-bond donors (Lipinski definition) is 0. The van der Waals surface area contributed by atoms with Gasteiger partial charge in [-0.25, -0.2) is 4.79 Å². The van der Waals surface area contributed by atoms with Gasteiger partial charge in [0.05, 0.1) is 13.7 Å². The number of carbonyl (C=O) groups is 1. The van der Waals surface area contributed by atoms with Crippen molar-refractivity contribution in [2.75, 3.05) is 13.7 Å². The fourth-order valence-corrected chi connectivity index (χ4v) is 2.03. The van der Waals surface area contributed by atoms with E-state index in [0.29, 0.717) is 12.2 Å². The van der Waals surface area contributed by atoms with Crippen molar-refractivity contribution in [2.45, 2.75) is 26.6 Å². The molecule has 0 amide bonds. The maximum absolute atomic E-state index is 11.7. The van der Waals surface area contributed by atoms with E-state index in [1.54, 1.807) is 14.0 Å². The van der Waals surface area contributed by atoms with E-state index in [1.807, 2.05) is 24.3 Å². The van der Waals surface area contributed by atoms with Crippen molar-refractivity contribution in [3.05, 3.63) is 35.9 Å². The molecule has 0 N–H and O–H groups in total. The Kier molecular flexibility index (Phi) is 6.26. The molecule has 0 aliphatic carbocycles. The summed E-state index contributed by atoms with van der Waals surface area (Å²) in [4.78, 5) is 11.7. The van der Waals surface area contributed by atoms with Gasteiger partial charge in [-0.2, -0.15) is 0 Å². The zero-order valence-corrected chi connectivity index (χ0v) is 14.3. The van der Waals surface area contributed by atoms with E-state index < -0.39 is 8.07 Å². The minimum Gasteiger partial charge on any atom is -0.497 e. The highest BCUT2D eigenvalue weighted by molar-refractivity contribution is 6.84. The van der Waals surface area contributed by atoms with Crippen molar-refractivity contribution >= 4 is 19.6 Å². The first kappa shape index (κ1) is 17.1. The molecule has 0 saturated carbocycles. The van der Waals surface area contributed by atoms with Gasteiger partial charge in [0.1, 0.15) is 13.8 Å². The highest BCUT2D eigenvalue weighted by atomic mass is 28.3. The summed E-state index contributed by atoms with van der Waals surface area (Å²) in [7, 11) is 0.101. The minimum atomic E-state index is -1.52. The predicted octanol–water partition coefficient (Wildman–Crippen LogP) is 3.52.